The summed E-state index contributed by atoms with van der Waals surface area (Å²) < 4.78 is 0. The third-order valence-electron chi connectivity index (χ3n) is 4.97. The van der Waals surface area contributed by atoms with Crippen molar-refractivity contribution in [2.24, 2.45) is 0 Å². The SMILES string of the molecule is CCc1ccccc1NC(=O)c1c(-c2ccccc2)c(-c2ccccc2)n[nH]c1=O. The van der Waals surface area contributed by atoms with Crippen molar-refractivity contribution >= 4 is 11.6 Å². The first-order valence-electron chi connectivity index (χ1n) is 9.81. The van der Waals surface area contributed by atoms with Gasteiger partial charge in [-0.1, -0.05) is 85.8 Å². The zero-order chi connectivity index (χ0) is 20.9. The average molecular weight is 395 g/mol. The summed E-state index contributed by atoms with van der Waals surface area (Å²) in [5.41, 5.74) is 3.84. The van der Waals surface area contributed by atoms with Crippen LogP contribution in [0.5, 0.6) is 0 Å². The summed E-state index contributed by atoms with van der Waals surface area (Å²) in [5, 5.41) is 9.72. The summed E-state index contributed by atoms with van der Waals surface area (Å²) in [5.74, 6) is -0.462. The van der Waals surface area contributed by atoms with Crippen molar-refractivity contribution in [3.05, 3.63) is 106 Å². The maximum atomic E-state index is 13.3. The molecule has 0 aliphatic carbocycles. The number of nitrogens with one attached hydrogen (secondary N) is 2. The van der Waals surface area contributed by atoms with Gasteiger partial charge in [0.05, 0.1) is 5.69 Å². The molecule has 30 heavy (non-hydrogen) atoms. The molecule has 0 aliphatic rings. The molecule has 0 radical (unpaired) electrons. The number of benzene rings is 3. The Morgan fingerprint density at radius 1 is 0.867 bits per heavy atom. The van der Waals surface area contributed by atoms with E-state index < -0.39 is 11.5 Å². The third-order valence-corrected chi connectivity index (χ3v) is 4.97. The predicted molar refractivity (Wildman–Crippen MR) is 120 cm³/mol. The fourth-order valence-corrected chi connectivity index (χ4v) is 3.49. The molecule has 5 heteroatoms. The summed E-state index contributed by atoms with van der Waals surface area (Å²) in [7, 11) is 0. The lowest BCUT2D eigenvalue weighted by atomic mass is 9.95. The molecule has 0 spiro atoms. The quantitative estimate of drug-likeness (QED) is 0.504. The summed E-state index contributed by atoms with van der Waals surface area (Å²) in [6.45, 7) is 2.02. The van der Waals surface area contributed by atoms with Crippen LogP contribution in [-0.2, 0) is 6.42 Å². The van der Waals surface area contributed by atoms with E-state index in [2.05, 4.69) is 15.5 Å². The summed E-state index contributed by atoms with van der Waals surface area (Å²) >= 11 is 0. The van der Waals surface area contributed by atoms with Gasteiger partial charge in [-0.2, -0.15) is 5.10 Å². The number of hydrogen-bond acceptors (Lipinski definition) is 3. The van der Waals surface area contributed by atoms with Gasteiger partial charge in [0, 0.05) is 16.8 Å². The van der Waals surface area contributed by atoms with Crippen molar-refractivity contribution in [2.45, 2.75) is 13.3 Å². The van der Waals surface area contributed by atoms with E-state index in [9.17, 15) is 9.59 Å². The number of H-pyrrole nitrogens is 1. The normalized spacial score (nSPS) is 10.6. The molecule has 3 aromatic carbocycles. The smallest absolute Gasteiger partial charge is 0.277 e. The predicted octanol–water partition coefficient (Wildman–Crippen LogP) is 4.92. The number of aromatic amines is 1. The van der Waals surface area contributed by atoms with Crippen LogP contribution in [0.1, 0.15) is 22.8 Å². The highest BCUT2D eigenvalue weighted by atomic mass is 16.2. The second-order valence-electron chi connectivity index (χ2n) is 6.85. The van der Waals surface area contributed by atoms with Gasteiger partial charge in [0.1, 0.15) is 5.56 Å². The average Bonchev–Trinajstić information content (AvgIpc) is 2.80. The van der Waals surface area contributed by atoms with Gasteiger partial charge >= 0.3 is 0 Å². The zero-order valence-electron chi connectivity index (χ0n) is 16.6. The first kappa shape index (κ1) is 19.3. The van der Waals surface area contributed by atoms with Crippen LogP contribution in [-0.4, -0.2) is 16.1 Å². The second kappa shape index (κ2) is 8.57. The van der Waals surface area contributed by atoms with Gasteiger partial charge in [-0.3, -0.25) is 9.59 Å². The molecule has 0 aliphatic heterocycles. The Balaban J connectivity index is 1.91. The number of amides is 1. The van der Waals surface area contributed by atoms with E-state index in [4.69, 9.17) is 0 Å². The maximum absolute atomic E-state index is 13.3. The van der Waals surface area contributed by atoms with Crippen LogP contribution in [0.2, 0.25) is 0 Å². The van der Waals surface area contributed by atoms with Gasteiger partial charge in [0.25, 0.3) is 11.5 Å². The molecule has 4 rings (SSSR count). The van der Waals surface area contributed by atoms with Crippen LogP contribution in [0.3, 0.4) is 0 Å². The van der Waals surface area contributed by atoms with Gasteiger partial charge in [0.2, 0.25) is 0 Å². The van der Waals surface area contributed by atoms with E-state index >= 15 is 0 Å². The molecule has 0 atom stereocenters. The Morgan fingerprint density at radius 2 is 1.47 bits per heavy atom. The van der Waals surface area contributed by atoms with Crippen molar-refractivity contribution in [2.75, 3.05) is 5.32 Å². The first-order chi connectivity index (χ1) is 14.7. The Morgan fingerprint density at radius 3 is 2.13 bits per heavy atom. The molecular weight excluding hydrogens is 374 g/mol. The lowest BCUT2D eigenvalue weighted by Gasteiger charge is -2.15. The Bertz CT molecular complexity index is 1230. The van der Waals surface area contributed by atoms with Gasteiger partial charge in [-0.25, -0.2) is 5.10 Å². The Labute approximate surface area is 174 Å². The Kier molecular flexibility index (Phi) is 5.52. The molecule has 0 saturated carbocycles. The van der Waals surface area contributed by atoms with Crippen molar-refractivity contribution < 1.29 is 4.79 Å². The summed E-state index contributed by atoms with van der Waals surface area (Å²) in [6, 6.07) is 26.5. The van der Waals surface area contributed by atoms with E-state index in [0.717, 1.165) is 23.1 Å². The van der Waals surface area contributed by atoms with Crippen LogP contribution >= 0.6 is 0 Å². The van der Waals surface area contributed by atoms with E-state index in [1.54, 1.807) is 0 Å². The largest absolute Gasteiger partial charge is 0.322 e. The van der Waals surface area contributed by atoms with Gasteiger partial charge in [-0.05, 0) is 23.6 Å². The van der Waals surface area contributed by atoms with Gasteiger partial charge in [0.15, 0.2) is 0 Å². The minimum atomic E-state index is -0.528. The molecule has 148 valence electrons. The highest BCUT2D eigenvalue weighted by Crippen LogP contribution is 2.32. The van der Waals surface area contributed by atoms with E-state index in [1.807, 2.05) is 91.9 Å². The fraction of sp³-hybridized carbons (Fsp3) is 0.0800. The van der Waals surface area contributed by atoms with Crippen LogP contribution in [0.15, 0.2) is 89.7 Å². The number of aryl methyl sites for hydroxylation is 1. The third kappa shape index (κ3) is 3.78. The number of carbonyl (C=O) groups is 1. The molecule has 0 saturated heterocycles. The molecular formula is C25H21N3O2. The highest BCUT2D eigenvalue weighted by molar-refractivity contribution is 6.10. The topological polar surface area (TPSA) is 74.8 Å². The minimum Gasteiger partial charge on any atom is -0.322 e. The molecule has 1 amide bonds. The number of rotatable bonds is 5. The lowest BCUT2D eigenvalue weighted by Crippen LogP contribution is -2.26. The van der Waals surface area contributed by atoms with E-state index in [-0.39, 0.29) is 5.56 Å². The van der Waals surface area contributed by atoms with Crippen molar-refractivity contribution in [3.63, 3.8) is 0 Å². The molecule has 1 heterocycles. The molecule has 2 N–H and O–H groups in total. The van der Waals surface area contributed by atoms with Gasteiger partial charge < -0.3 is 5.32 Å². The standard InChI is InChI=1S/C25H21N3O2/c1-2-17-11-9-10-16-20(17)26-24(29)22-21(18-12-5-3-6-13-18)23(27-28-25(22)30)19-14-7-4-8-15-19/h3-16H,2H2,1H3,(H,26,29)(H,28,30). The van der Waals surface area contributed by atoms with Crippen LogP contribution in [0, 0.1) is 0 Å². The van der Waals surface area contributed by atoms with Crippen molar-refractivity contribution in [1.82, 2.24) is 10.2 Å². The van der Waals surface area contributed by atoms with Crippen LogP contribution in [0.25, 0.3) is 22.4 Å². The molecule has 5 nitrogen and oxygen atoms in total. The number of nitrogens with zero attached hydrogens (tertiary/aromatic N) is 1. The number of aromatic nitrogens is 2. The summed E-state index contributed by atoms with van der Waals surface area (Å²) in [4.78, 5) is 26.1. The molecule has 4 aromatic rings. The number of anilines is 1. The molecule has 0 bridgehead atoms. The van der Waals surface area contributed by atoms with E-state index in [0.29, 0.717) is 16.9 Å². The monoisotopic (exact) mass is 395 g/mol. The van der Waals surface area contributed by atoms with Crippen LogP contribution in [0.4, 0.5) is 5.69 Å². The number of hydrogen-bond donors (Lipinski definition) is 2. The Hall–Kier alpha value is -3.99. The minimum absolute atomic E-state index is 0.0426. The van der Waals surface area contributed by atoms with Crippen molar-refractivity contribution in [1.29, 1.82) is 0 Å². The second-order valence-corrected chi connectivity index (χ2v) is 6.85. The summed E-state index contributed by atoms with van der Waals surface area (Å²) in [6.07, 6.45) is 0.768. The molecule has 0 unspecified atom stereocenters. The number of carbonyl (C=O) groups excluding carboxylic acids is 1. The molecule has 0 fully saturated rings. The molecule has 1 aromatic heterocycles. The zero-order valence-corrected chi connectivity index (χ0v) is 16.6. The highest BCUT2D eigenvalue weighted by Gasteiger charge is 2.23. The van der Waals surface area contributed by atoms with Crippen LogP contribution < -0.4 is 10.9 Å². The van der Waals surface area contributed by atoms with E-state index in [1.165, 1.54) is 0 Å². The first-order valence-corrected chi connectivity index (χ1v) is 9.81. The van der Waals surface area contributed by atoms with Gasteiger partial charge in [-0.15, -0.1) is 0 Å². The fourth-order valence-electron chi connectivity index (χ4n) is 3.49. The number of para-hydroxylation sites is 1. The maximum Gasteiger partial charge on any atom is 0.277 e. The lowest BCUT2D eigenvalue weighted by molar-refractivity contribution is 0.102. The van der Waals surface area contributed by atoms with Crippen molar-refractivity contribution in [3.8, 4) is 22.4 Å².